The lowest BCUT2D eigenvalue weighted by Gasteiger charge is -2.39. The highest BCUT2D eigenvalue weighted by Gasteiger charge is 2.60. The van der Waals surface area contributed by atoms with Gasteiger partial charge in [0.25, 0.3) is 0 Å². The van der Waals surface area contributed by atoms with E-state index < -0.39 is 17.6 Å². The molecule has 0 amide bonds. The first kappa shape index (κ1) is 21.7. The van der Waals surface area contributed by atoms with Crippen LogP contribution in [0, 0.1) is 5.41 Å². The van der Waals surface area contributed by atoms with E-state index in [1.807, 2.05) is 30.3 Å². The normalized spacial score (nSPS) is 14.7. The second-order valence-corrected chi connectivity index (χ2v) is 7.25. The number of ether oxygens (including phenoxy) is 1. The van der Waals surface area contributed by atoms with Gasteiger partial charge in [-0.2, -0.15) is 13.2 Å². The second kappa shape index (κ2) is 8.78. The number of carbonyl (C=O) groups excluding carboxylic acids is 1. The molecule has 0 aromatic heterocycles. The average Bonchev–Trinajstić information content (AvgIpc) is 2.75. The molecular weight excluding hydrogens is 391 g/mol. The fourth-order valence-corrected chi connectivity index (χ4v) is 3.95. The number of methoxy groups -OCH3 is 1. The molecule has 3 nitrogen and oxygen atoms in total. The number of benzene rings is 3. The molecule has 3 rings (SSSR count). The van der Waals surface area contributed by atoms with Crippen LogP contribution in [0.3, 0.4) is 0 Å². The van der Waals surface area contributed by atoms with Crippen molar-refractivity contribution in [2.24, 2.45) is 5.41 Å². The highest BCUT2D eigenvalue weighted by atomic mass is 19.4. The van der Waals surface area contributed by atoms with Gasteiger partial charge in [-0.25, -0.2) is 0 Å². The van der Waals surface area contributed by atoms with Crippen molar-refractivity contribution in [3.8, 4) is 5.75 Å². The molecule has 6 heteroatoms. The number of alkyl halides is 3. The quantitative estimate of drug-likeness (QED) is 0.424. The zero-order valence-electron chi connectivity index (χ0n) is 16.9. The summed E-state index contributed by atoms with van der Waals surface area (Å²) in [6.45, 7) is 1.64. The third kappa shape index (κ3) is 3.86. The monoisotopic (exact) mass is 415 g/mol. The van der Waals surface area contributed by atoms with Crippen molar-refractivity contribution in [3.05, 3.63) is 72.3 Å². The van der Waals surface area contributed by atoms with E-state index in [1.54, 1.807) is 43.3 Å². The number of rotatable bonds is 8. The topological polar surface area (TPSA) is 38.3 Å². The summed E-state index contributed by atoms with van der Waals surface area (Å²) in [5.74, 6) is 0.293. The van der Waals surface area contributed by atoms with Crippen LogP contribution in [0.2, 0.25) is 0 Å². The van der Waals surface area contributed by atoms with E-state index in [4.69, 9.17) is 4.74 Å². The Hall–Kier alpha value is -3.02. The van der Waals surface area contributed by atoms with Gasteiger partial charge in [0.1, 0.15) is 17.5 Å². The van der Waals surface area contributed by atoms with Crippen molar-refractivity contribution in [1.29, 1.82) is 0 Å². The van der Waals surface area contributed by atoms with Gasteiger partial charge in [0.2, 0.25) is 0 Å². The van der Waals surface area contributed by atoms with Crippen LogP contribution >= 0.6 is 0 Å². The lowest BCUT2D eigenvalue weighted by Crippen LogP contribution is -2.47. The number of nitrogens with one attached hydrogen (secondary N) is 1. The molecule has 158 valence electrons. The molecule has 0 aliphatic rings. The smallest absolute Gasteiger partial charge is 0.403 e. The van der Waals surface area contributed by atoms with E-state index in [1.165, 1.54) is 7.11 Å². The van der Waals surface area contributed by atoms with Crippen molar-refractivity contribution in [2.75, 3.05) is 12.4 Å². The summed E-state index contributed by atoms with van der Waals surface area (Å²) >= 11 is 0. The summed E-state index contributed by atoms with van der Waals surface area (Å²) < 4.78 is 48.7. The SMILES string of the molecule is CCCC(C=O)(C(Nc1cccc2ccccc12)c1ccccc1OC)C(F)(F)F. The third-order valence-corrected chi connectivity index (χ3v) is 5.46. The van der Waals surface area contributed by atoms with E-state index in [2.05, 4.69) is 5.32 Å². The molecule has 30 heavy (non-hydrogen) atoms. The Labute approximate surface area is 173 Å². The number of fused-ring (bicyclic) bond motifs is 1. The fraction of sp³-hybridized carbons (Fsp3) is 0.292. The Kier molecular flexibility index (Phi) is 6.34. The Morgan fingerprint density at radius 2 is 1.67 bits per heavy atom. The maximum Gasteiger partial charge on any atom is 0.403 e. The van der Waals surface area contributed by atoms with E-state index in [-0.39, 0.29) is 24.7 Å². The summed E-state index contributed by atoms with van der Waals surface area (Å²) in [7, 11) is 1.41. The fourth-order valence-electron chi connectivity index (χ4n) is 3.95. The van der Waals surface area contributed by atoms with Crippen LogP contribution in [0.5, 0.6) is 5.75 Å². The number of carbonyl (C=O) groups is 1. The molecule has 0 heterocycles. The summed E-state index contributed by atoms with van der Waals surface area (Å²) in [5, 5.41) is 4.73. The molecule has 1 N–H and O–H groups in total. The number of aldehydes is 1. The lowest BCUT2D eigenvalue weighted by atomic mass is 9.73. The minimum atomic E-state index is -4.76. The molecule has 0 saturated heterocycles. The molecule has 2 atom stereocenters. The number of hydrogen-bond acceptors (Lipinski definition) is 3. The number of anilines is 1. The molecule has 0 fully saturated rings. The van der Waals surface area contributed by atoms with E-state index >= 15 is 0 Å². The Morgan fingerprint density at radius 1 is 1.00 bits per heavy atom. The van der Waals surface area contributed by atoms with Crippen LogP contribution in [-0.4, -0.2) is 19.6 Å². The van der Waals surface area contributed by atoms with Gasteiger partial charge in [-0.3, -0.25) is 0 Å². The van der Waals surface area contributed by atoms with Gasteiger partial charge in [0, 0.05) is 16.6 Å². The minimum Gasteiger partial charge on any atom is -0.496 e. The highest BCUT2D eigenvalue weighted by Crippen LogP contribution is 2.52. The zero-order valence-corrected chi connectivity index (χ0v) is 16.9. The van der Waals surface area contributed by atoms with E-state index in [9.17, 15) is 18.0 Å². The molecule has 0 saturated carbocycles. The molecule has 0 aliphatic carbocycles. The number of para-hydroxylation sites is 1. The van der Waals surface area contributed by atoms with Crippen molar-refractivity contribution >= 4 is 22.7 Å². The molecule has 2 unspecified atom stereocenters. The molecular formula is C24H24F3NO2. The molecule has 0 aliphatic heterocycles. The summed E-state index contributed by atoms with van der Waals surface area (Å²) in [6.07, 6.45) is -4.86. The summed E-state index contributed by atoms with van der Waals surface area (Å²) in [4.78, 5) is 12.1. The maximum atomic E-state index is 14.4. The molecule has 3 aromatic rings. The van der Waals surface area contributed by atoms with Gasteiger partial charge in [-0.1, -0.05) is 67.9 Å². The molecule has 3 aromatic carbocycles. The summed E-state index contributed by atoms with van der Waals surface area (Å²) in [6, 6.07) is 18.0. The van der Waals surface area contributed by atoms with E-state index in [0.29, 0.717) is 11.4 Å². The summed E-state index contributed by atoms with van der Waals surface area (Å²) in [5.41, 5.74) is -1.81. The van der Waals surface area contributed by atoms with Crippen molar-refractivity contribution in [1.82, 2.24) is 0 Å². The van der Waals surface area contributed by atoms with Crippen LogP contribution in [0.1, 0.15) is 31.4 Å². The standard InChI is InChI=1S/C24H24F3NO2/c1-3-15-23(16-29,24(25,26)27)22(19-12-6-7-14-21(19)30-2)28-20-13-8-10-17-9-4-5-11-18(17)20/h4-14,16,22,28H,3,15H2,1-2H3. The second-order valence-electron chi connectivity index (χ2n) is 7.25. The van der Waals surface area contributed by atoms with Gasteiger partial charge >= 0.3 is 6.18 Å². The largest absolute Gasteiger partial charge is 0.496 e. The van der Waals surface area contributed by atoms with Crippen molar-refractivity contribution in [2.45, 2.75) is 32.0 Å². The molecule has 0 spiro atoms. The highest BCUT2D eigenvalue weighted by molar-refractivity contribution is 5.94. The van der Waals surface area contributed by atoms with Crippen LogP contribution in [0.15, 0.2) is 66.7 Å². The first-order valence-electron chi connectivity index (χ1n) is 9.78. The van der Waals surface area contributed by atoms with Crippen molar-refractivity contribution in [3.63, 3.8) is 0 Å². The molecule has 0 bridgehead atoms. The average molecular weight is 415 g/mol. The third-order valence-electron chi connectivity index (χ3n) is 5.46. The van der Waals surface area contributed by atoms with Crippen LogP contribution in [0.4, 0.5) is 18.9 Å². The lowest BCUT2D eigenvalue weighted by molar-refractivity contribution is -0.221. The predicted octanol–water partition coefficient (Wildman–Crippen LogP) is 6.55. The van der Waals surface area contributed by atoms with Crippen LogP contribution in [0.25, 0.3) is 10.8 Å². The minimum absolute atomic E-state index is 0.0474. The number of halogens is 3. The first-order chi connectivity index (χ1) is 14.4. The van der Waals surface area contributed by atoms with Gasteiger partial charge in [-0.05, 0) is 23.9 Å². The van der Waals surface area contributed by atoms with Crippen LogP contribution < -0.4 is 10.1 Å². The number of hydrogen-bond donors (Lipinski definition) is 1. The van der Waals surface area contributed by atoms with Gasteiger partial charge in [0.05, 0.1) is 13.2 Å². The zero-order chi connectivity index (χ0) is 21.8. The Bertz CT molecular complexity index is 1010. The Morgan fingerprint density at radius 3 is 2.33 bits per heavy atom. The van der Waals surface area contributed by atoms with Gasteiger partial charge < -0.3 is 14.8 Å². The van der Waals surface area contributed by atoms with Gasteiger partial charge in [-0.15, -0.1) is 0 Å². The maximum absolute atomic E-state index is 14.4. The molecule has 0 radical (unpaired) electrons. The van der Waals surface area contributed by atoms with Crippen molar-refractivity contribution < 1.29 is 22.7 Å². The van der Waals surface area contributed by atoms with Crippen LogP contribution in [-0.2, 0) is 4.79 Å². The Balaban J connectivity index is 2.25. The van der Waals surface area contributed by atoms with Gasteiger partial charge in [0.15, 0.2) is 0 Å². The van der Waals surface area contributed by atoms with E-state index in [0.717, 1.165) is 10.8 Å². The predicted molar refractivity (Wildman–Crippen MR) is 113 cm³/mol. The first-order valence-corrected chi connectivity index (χ1v) is 9.78.